The summed E-state index contributed by atoms with van der Waals surface area (Å²) < 4.78 is 16.8. The largest absolute Gasteiger partial charge is 0.478 e. The molecule has 144 valence electrons. The van der Waals surface area contributed by atoms with Crippen molar-refractivity contribution in [3.05, 3.63) is 65.2 Å². The molecule has 7 nitrogen and oxygen atoms in total. The van der Waals surface area contributed by atoms with Crippen LogP contribution in [0.2, 0.25) is 0 Å². The van der Waals surface area contributed by atoms with Crippen molar-refractivity contribution in [3.63, 3.8) is 0 Å². The molecule has 2 aromatic carbocycles. The molecule has 0 aliphatic heterocycles. The quantitative estimate of drug-likeness (QED) is 0.610. The predicted molar refractivity (Wildman–Crippen MR) is 104 cm³/mol. The van der Waals surface area contributed by atoms with E-state index in [0.29, 0.717) is 23.8 Å². The molecule has 3 N–H and O–H groups in total. The van der Waals surface area contributed by atoms with Crippen molar-refractivity contribution < 1.29 is 23.6 Å². The van der Waals surface area contributed by atoms with Crippen LogP contribution in [0.25, 0.3) is 0 Å². The highest BCUT2D eigenvalue weighted by atomic mass is 32.2. The fourth-order valence-electron chi connectivity index (χ4n) is 2.30. The lowest BCUT2D eigenvalue weighted by molar-refractivity contribution is 0.0697. The SMILES string of the molecule is COCCS(=O)Cc1cccc(NC(=O)NCc2ccc(C(=O)O)cc2)c1. The number of carboxylic acid groups (broad SMARTS) is 1. The highest BCUT2D eigenvalue weighted by molar-refractivity contribution is 7.84. The van der Waals surface area contributed by atoms with E-state index in [1.54, 1.807) is 37.4 Å². The molecule has 1 atom stereocenters. The highest BCUT2D eigenvalue weighted by Gasteiger charge is 2.06. The van der Waals surface area contributed by atoms with Crippen LogP contribution in [0.5, 0.6) is 0 Å². The third-order valence-electron chi connectivity index (χ3n) is 3.68. The van der Waals surface area contributed by atoms with Gasteiger partial charge in [-0.3, -0.25) is 4.21 Å². The monoisotopic (exact) mass is 390 g/mol. The first-order chi connectivity index (χ1) is 13.0. The second kappa shape index (κ2) is 10.4. The van der Waals surface area contributed by atoms with E-state index < -0.39 is 16.8 Å². The van der Waals surface area contributed by atoms with Gasteiger partial charge >= 0.3 is 12.0 Å². The van der Waals surface area contributed by atoms with Crippen molar-refractivity contribution >= 4 is 28.5 Å². The molecule has 1 unspecified atom stereocenters. The van der Waals surface area contributed by atoms with Crippen LogP contribution >= 0.6 is 0 Å². The lowest BCUT2D eigenvalue weighted by Gasteiger charge is -2.09. The van der Waals surface area contributed by atoms with Gasteiger partial charge < -0.3 is 20.5 Å². The highest BCUT2D eigenvalue weighted by Crippen LogP contribution is 2.13. The maximum atomic E-state index is 12.0. The molecular weight excluding hydrogens is 368 g/mol. The first kappa shape index (κ1) is 20.6. The Balaban J connectivity index is 1.85. The van der Waals surface area contributed by atoms with Crippen molar-refractivity contribution in [1.29, 1.82) is 0 Å². The third-order valence-corrected chi connectivity index (χ3v) is 4.96. The molecule has 0 aromatic heterocycles. The van der Waals surface area contributed by atoms with Crippen LogP contribution in [0.3, 0.4) is 0 Å². The van der Waals surface area contributed by atoms with Gasteiger partial charge in [0.05, 0.1) is 12.2 Å². The van der Waals surface area contributed by atoms with Crippen LogP contribution < -0.4 is 10.6 Å². The molecule has 0 saturated heterocycles. The molecule has 2 rings (SSSR count). The van der Waals surface area contributed by atoms with Gasteiger partial charge in [-0.2, -0.15) is 0 Å². The molecule has 0 spiro atoms. The van der Waals surface area contributed by atoms with Crippen LogP contribution in [0.1, 0.15) is 21.5 Å². The summed E-state index contributed by atoms with van der Waals surface area (Å²) in [6, 6.07) is 13.1. The maximum absolute atomic E-state index is 12.0. The van der Waals surface area contributed by atoms with E-state index in [1.807, 2.05) is 6.07 Å². The van der Waals surface area contributed by atoms with E-state index >= 15 is 0 Å². The summed E-state index contributed by atoms with van der Waals surface area (Å²) in [4.78, 5) is 22.9. The number of carboxylic acids is 1. The summed E-state index contributed by atoms with van der Waals surface area (Å²) in [5, 5.41) is 14.3. The van der Waals surface area contributed by atoms with Gasteiger partial charge in [-0.05, 0) is 35.4 Å². The van der Waals surface area contributed by atoms with Crippen molar-refractivity contribution in [2.75, 3.05) is 24.8 Å². The van der Waals surface area contributed by atoms with Crippen LogP contribution in [0.4, 0.5) is 10.5 Å². The van der Waals surface area contributed by atoms with Gasteiger partial charge in [0, 0.05) is 41.6 Å². The van der Waals surface area contributed by atoms with E-state index in [2.05, 4.69) is 10.6 Å². The van der Waals surface area contributed by atoms with Crippen molar-refractivity contribution in [2.45, 2.75) is 12.3 Å². The zero-order valence-electron chi connectivity index (χ0n) is 14.9. The maximum Gasteiger partial charge on any atom is 0.335 e. The van der Waals surface area contributed by atoms with E-state index in [-0.39, 0.29) is 18.1 Å². The molecule has 27 heavy (non-hydrogen) atoms. The molecule has 0 saturated carbocycles. The minimum Gasteiger partial charge on any atom is -0.478 e. The van der Waals surface area contributed by atoms with E-state index in [9.17, 15) is 13.8 Å². The van der Waals surface area contributed by atoms with Crippen LogP contribution in [0.15, 0.2) is 48.5 Å². The summed E-state index contributed by atoms with van der Waals surface area (Å²) in [7, 11) is 0.550. The second-order valence-corrected chi connectivity index (χ2v) is 7.37. The standard InChI is InChI=1S/C19H22N2O5S/c1-26-9-10-27(25)13-15-3-2-4-17(11-15)21-19(24)20-12-14-5-7-16(8-6-14)18(22)23/h2-8,11H,9-10,12-13H2,1H3,(H,22,23)(H2,20,21,24). The fourth-order valence-corrected chi connectivity index (χ4v) is 3.34. The smallest absolute Gasteiger partial charge is 0.335 e. The lowest BCUT2D eigenvalue weighted by atomic mass is 10.1. The Morgan fingerprint density at radius 1 is 1.11 bits per heavy atom. The number of aromatic carboxylic acids is 1. The minimum atomic E-state index is -1.02. The first-order valence-corrected chi connectivity index (χ1v) is 9.76. The van der Waals surface area contributed by atoms with Gasteiger partial charge in [-0.15, -0.1) is 0 Å². The summed E-state index contributed by atoms with van der Waals surface area (Å²) >= 11 is 0. The van der Waals surface area contributed by atoms with E-state index in [0.717, 1.165) is 11.1 Å². The summed E-state index contributed by atoms with van der Waals surface area (Å²) in [5.41, 5.74) is 2.46. The molecule has 2 aromatic rings. The molecule has 8 heteroatoms. The topological polar surface area (TPSA) is 105 Å². The normalized spacial score (nSPS) is 11.6. The number of carbonyl (C=O) groups is 2. The Morgan fingerprint density at radius 3 is 2.52 bits per heavy atom. The van der Waals surface area contributed by atoms with Gasteiger partial charge in [0.15, 0.2) is 0 Å². The summed E-state index contributed by atoms with van der Waals surface area (Å²) in [5.74, 6) is -0.124. The average molecular weight is 390 g/mol. The molecule has 0 bridgehead atoms. The zero-order chi connectivity index (χ0) is 19.6. The van der Waals surface area contributed by atoms with Gasteiger partial charge in [0.2, 0.25) is 0 Å². The number of hydrogen-bond donors (Lipinski definition) is 3. The molecule has 0 fully saturated rings. The Morgan fingerprint density at radius 2 is 1.85 bits per heavy atom. The lowest BCUT2D eigenvalue weighted by Crippen LogP contribution is -2.28. The number of anilines is 1. The Kier molecular flexibility index (Phi) is 7.97. The van der Waals surface area contributed by atoms with Crippen molar-refractivity contribution in [1.82, 2.24) is 5.32 Å². The Hall–Kier alpha value is -2.71. The average Bonchev–Trinajstić information content (AvgIpc) is 2.65. The number of benzene rings is 2. The molecule has 2 amide bonds. The molecule has 0 aliphatic rings. The number of methoxy groups -OCH3 is 1. The predicted octanol–water partition coefficient (Wildman–Crippen LogP) is 2.60. The van der Waals surface area contributed by atoms with Gasteiger partial charge in [0.25, 0.3) is 0 Å². The number of rotatable bonds is 9. The number of carbonyl (C=O) groups excluding carboxylic acids is 1. The number of ether oxygens (including phenoxy) is 1. The third kappa shape index (κ3) is 7.20. The van der Waals surface area contributed by atoms with Crippen LogP contribution in [0, 0.1) is 0 Å². The number of nitrogens with one attached hydrogen (secondary N) is 2. The van der Waals surface area contributed by atoms with Crippen LogP contribution in [-0.2, 0) is 27.8 Å². The van der Waals surface area contributed by atoms with E-state index in [1.165, 1.54) is 12.1 Å². The Labute approximate surface area is 160 Å². The van der Waals surface area contributed by atoms with Gasteiger partial charge in [0.1, 0.15) is 0 Å². The first-order valence-electron chi connectivity index (χ1n) is 8.28. The fraction of sp³-hybridized carbons (Fsp3) is 0.263. The molecule has 0 heterocycles. The van der Waals surface area contributed by atoms with Crippen molar-refractivity contribution in [2.24, 2.45) is 0 Å². The van der Waals surface area contributed by atoms with Gasteiger partial charge in [-0.25, -0.2) is 9.59 Å². The molecule has 0 aliphatic carbocycles. The van der Waals surface area contributed by atoms with Crippen LogP contribution in [-0.4, -0.2) is 40.8 Å². The molecule has 0 radical (unpaired) electrons. The zero-order valence-corrected chi connectivity index (χ0v) is 15.8. The second-order valence-electron chi connectivity index (χ2n) is 5.79. The summed E-state index contributed by atoms with van der Waals surface area (Å²) in [6.07, 6.45) is 0. The van der Waals surface area contributed by atoms with E-state index in [4.69, 9.17) is 9.84 Å². The minimum absolute atomic E-state index is 0.197. The van der Waals surface area contributed by atoms with Gasteiger partial charge in [-0.1, -0.05) is 24.3 Å². The van der Waals surface area contributed by atoms with Crippen molar-refractivity contribution in [3.8, 4) is 0 Å². The Bertz CT molecular complexity index is 808. The molecular formula is C19H22N2O5S. The number of urea groups is 1. The number of hydrogen-bond acceptors (Lipinski definition) is 4. The summed E-state index contributed by atoms with van der Waals surface area (Å²) in [6.45, 7) is 0.715. The number of amides is 2.